The first-order valence-electron chi connectivity index (χ1n) is 6.15. The number of halogens is 1. The van der Waals surface area contributed by atoms with Crippen LogP contribution < -0.4 is 9.47 Å². The fraction of sp³-hybridized carbons (Fsp3) is 0.0625. The van der Waals surface area contributed by atoms with E-state index in [1.807, 2.05) is 6.07 Å². The summed E-state index contributed by atoms with van der Waals surface area (Å²) in [5.41, 5.74) is 0.546. The number of benzene rings is 2. The number of nitrogens with zero attached hydrogens (tertiary/aromatic N) is 1. The molecule has 0 amide bonds. The van der Waals surface area contributed by atoms with Gasteiger partial charge >= 0.3 is 0 Å². The molecule has 1 heterocycles. The molecule has 0 atom stereocenters. The third-order valence-electron chi connectivity index (χ3n) is 2.98. The first-order chi connectivity index (χ1) is 10.2. The first kappa shape index (κ1) is 13.0. The van der Waals surface area contributed by atoms with Crippen molar-refractivity contribution < 1.29 is 18.3 Å². The third-order valence-corrected chi connectivity index (χ3v) is 2.98. The fourth-order valence-corrected chi connectivity index (χ4v) is 2.02. The lowest BCUT2D eigenvalue weighted by atomic mass is 10.2. The van der Waals surface area contributed by atoms with Gasteiger partial charge in [0.15, 0.2) is 11.5 Å². The SMILES string of the molecule is COc1cc(F)ccc1Oc1cccc2oc(C#N)cc12. The summed E-state index contributed by atoms with van der Waals surface area (Å²) in [5, 5.41) is 9.55. The van der Waals surface area contributed by atoms with Gasteiger partial charge in [-0.2, -0.15) is 5.26 Å². The molecular weight excluding hydrogens is 273 g/mol. The Hall–Kier alpha value is -3.00. The van der Waals surface area contributed by atoms with Crippen LogP contribution in [0.4, 0.5) is 4.39 Å². The Morgan fingerprint density at radius 3 is 2.71 bits per heavy atom. The molecule has 0 N–H and O–H groups in total. The van der Waals surface area contributed by atoms with Crippen LogP contribution in [0.3, 0.4) is 0 Å². The second-order valence-corrected chi connectivity index (χ2v) is 4.29. The molecule has 2 aromatic carbocycles. The average Bonchev–Trinajstić information content (AvgIpc) is 2.93. The highest BCUT2D eigenvalue weighted by Crippen LogP contribution is 2.36. The monoisotopic (exact) mass is 283 g/mol. The standard InChI is InChI=1S/C16H10FNO3/c1-19-16-7-10(17)5-6-15(16)21-14-4-2-3-13-12(14)8-11(9-18)20-13/h2-8H,1H3. The lowest BCUT2D eigenvalue weighted by Crippen LogP contribution is -1.91. The van der Waals surface area contributed by atoms with Gasteiger partial charge in [0.1, 0.15) is 23.2 Å². The van der Waals surface area contributed by atoms with E-state index in [9.17, 15) is 4.39 Å². The van der Waals surface area contributed by atoms with E-state index in [0.717, 1.165) is 0 Å². The zero-order chi connectivity index (χ0) is 14.8. The summed E-state index contributed by atoms with van der Waals surface area (Å²) in [7, 11) is 1.44. The lowest BCUT2D eigenvalue weighted by molar-refractivity contribution is 0.377. The number of rotatable bonds is 3. The topological polar surface area (TPSA) is 55.4 Å². The number of fused-ring (bicyclic) bond motifs is 1. The third kappa shape index (κ3) is 2.39. The summed E-state index contributed by atoms with van der Waals surface area (Å²) in [5.74, 6) is 0.962. The quantitative estimate of drug-likeness (QED) is 0.721. The molecule has 0 saturated carbocycles. The summed E-state index contributed by atoms with van der Waals surface area (Å²) in [6.07, 6.45) is 0. The molecule has 1 aromatic heterocycles. The molecule has 0 unspecified atom stereocenters. The molecule has 21 heavy (non-hydrogen) atoms. The number of ether oxygens (including phenoxy) is 2. The van der Waals surface area contributed by atoms with Crippen LogP contribution in [0.1, 0.15) is 5.76 Å². The number of methoxy groups -OCH3 is 1. The minimum Gasteiger partial charge on any atom is -0.493 e. The number of hydrogen-bond donors (Lipinski definition) is 0. The minimum absolute atomic E-state index is 0.201. The smallest absolute Gasteiger partial charge is 0.204 e. The van der Waals surface area contributed by atoms with E-state index in [0.29, 0.717) is 22.5 Å². The van der Waals surface area contributed by atoms with E-state index in [1.54, 1.807) is 24.3 Å². The van der Waals surface area contributed by atoms with Gasteiger partial charge in [0, 0.05) is 12.1 Å². The van der Waals surface area contributed by atoms with Crippen LogP contribution in [0, 0.1) is 17.1 Å². The number of hydrogen-bond acceptors (Lipinski definition) is 4. The van der Waals surface area contributed by atoms with Crippen LogP contribution >= 0.6 is 0 Å². The predicted octanol–water partition coefficient (Wildman–Crippen LogP) is 4.24. The van der Waals surface area contributed by atoms with Gasteiger partial charge < -0.3 is 13.9 Å². The number of furan rings is 1. The normalized spacial score (nSPS) is 10.3. The van der Waals surface area contributed by atoms with Crippen LogP contribution in [0.2, 0.25) is 0 Å². The van der Waals surface area contributed by atoms with Gasteiger partial charge in [0.2, 0.25) is 5.76 Å². The number of nitriles is 1. The zero-order valence-corrected chi connectivity index (χ0v) is 11.1. The summed E-state index contributed by atoms with van der Waals surface area (Å²) < 4.78 is 29.4. The van der Waals surface area contributed by atoms with E-state index < -0.39 is 5.82 Å². The minimum atomic E-state index is -0.410. The summed E-state index contributed by atoms with van der Waals surface area (Å²) in [6.45, 7) is 0. The highest BCUT2D eigenvalue weighted by Gasteiger charge is 2.12. The summed E-state index contributed by atoms with van der Waals surface area (Å²) in [4.78, 5) is 0. The van der Waals surface area contributed by atoms with Gasteiger partial charge in [0.05, 0.1) is 12.5 Å². The molecule has 0 aliphatic rings. The van der Waals surface area contributed by atoms with Crippen LogP contribution in [0.5, 0.6) is 17.2 Å². The van der Waals surface area contributed by atoms with Crippen molar-refractivity contribution >= 4 is 11.0 Å². The molecule has 3 rings (SSSR count). The van der Waals surface area contributed by atoms with Crippen molar-refractivity contribution in [1.82, 2.24) is 0 Å². The van der Waals surface area contributed by atoms with E-state index in [1.165, 1.54) is 25.3 Å². The average molecular weight is 283 g/mol. The maximum atomic E-state index is 13.2. The Morgan fingerprint density at radius 1 is 1.10 bits per heavy atom. The van der Waals surface area contributed by atoms with Gasteiger partial charge in [-0.05, 0) is 24.3 Å². The molecule has 0 aliphatic carbocycles. The van der Waals surface area contributed by atoms with E-state index >= 15 is 0 Å². The van der Waals surface area contributed by atoms with Crippen LogP contribution in [0.15, 0.2) is 46.9 Å². The van der Waals surface area contributed by atoms with Gasteiger partial charge in [-0.3, -0.25) is 0 Å². The van der Waals surface area contributed by atoms with Crippen LogP contribution in [0.25, 0.3) is 11.0 Å². The molecule has 0 saturated heterocycles. The van der Waals surface area contributed by atoms with Crippen LogP contribution in [-0.2, 0) is 0 Å². The molecule has 5 heteroatoms. The Kier molecular flexibility index (Phi) is 3.20. The highest BCUT2D eigenvalue weighted by molar-refractivity contribution is 5.85. The maximum absolute atomic E-state index is 13.2. The molecule has 4 nitrogen and oxygen atoms in total. The second kappa shape index (κ2) is 5.17. The van der Waals surface area contributed by atoms with Crippen molar-refractivity contribution in [2.24, 2.45) is 0 Å². The van der Waals surface area contributed by atoms with Crippen LogP contribution in [-0.4, -0.2) is 7.11 Å². The second-order valence-electron chi connectivity index (χ2n) is 4.29. The Morgan fingerprint density at radius 2 is 1.95 bits per heavy atom. The Bertz CT molecular complexity index is 848. The largest absolute Gasteiger partial charge is 0.493 e. The summed E-state index contributed by atoms with van der Waals surface area (Å²) in [6, 6.07) is 12.8. The van der Waals surface area contributed by atoms with Gasteiger partial charge in [-0.15, -0.1) is 0 Å². The Balaban J connectivity index is 2.06. The molecule has 104 valence electrons. The van der Waals surface area contributed by atoms with E-state index in [4.69, 9.17) is 19.2 Å². The van der Waals surface area contributed by atoms with Gasteiger partial charge in [-0.1, -0.05) is 6.07 Å². The van der Waals surface area contributed by atoms with Crippen molar-refractivity contribution in [3.05, 3.63) is 54.0 Å². The van der Waals surface area contributed by atoms with E-state index in [2.05, 4.69) is 0 Å². The fourth-order valence-electron chi connectivity index (χ4n) is 2.02. The summed E-state index contributed by atoms with van der Waals surface area (Å²) >= 11 is 0. The molecule has 0 bridgehead atoms. The predicted molar refractivity (Wildman–Crippen MR) is 74.0 cm³/mol. The van der Waals surface area contributed by atoms with Gasteiger partial charge in [0.25, 0.3) is 0 Å². The molecule has 0 spiro atoms. The lowest BCUT2D eigenvalue weighted by Gasteiger charge is -2.10. The first-order valence-corrected chi connectivity index (χ1v) is 6.15. The molecule has 0 fully saturated rings. The van der Waals surface area contributed by atoms with Crippen molar-refractivity contribution in [3.63, 3.8) is 0 Å². The molecule has 3 aromatic rings. The Labute approximate surface area is 119 Å². The van der Waals surface area contributed by atoms with Crippen molar-refractivity contribution in [3.8, 4) is 23.3 Å². The highest BCUT2D eigenvalue weighted by atomic mass is 19.1. The van der Waals surface area contributed by atoms with Crippen molar-refractivity contribution in [2.75, 3.05) is 7.11 Å². The maximum Gasteiger partial charge on any atom is 0.204 e. The zero-order valence-electron chi connectivity index (χ0n) is 11.1. The molecule has 0 radical (unpaired) electrons. The van der Waals surface area contributed by atoms with Crippen molar-refractivity contribution in [1.29, 1.82) is 5.26 Å². The molecular formula is C16H10FNO3. The van der Waals surface area contributed by atoms with Crippen molar-refractivity contribution in [2.45, 2.75) is 0 Å². The van der Waals surface area contributed by atoms with E-state index in [-0.39, 0.29) is 11.5 Å². The van der Waals surface area contributed by atoms with Gasteiger partial charge in [-0.25, -0.2) is 4.39 Å². The molecule has 0 aliphatic heterocycles.